The Balaban J connectivity index is 1.82. The number of esters is 1. The van der Waals surface area contributed by atoms with Crippen LogP contribution in [0.4, 0.5) is 11.4 Å². The fourth-order valence-electron chi connectivity index (χ4n) is 2.73. The van der Waals surface area contributed by atoms with E-state index in [1.165, 1.54) is 18.7 Å². The van der Waals surface area contributed by atoms with Crippen LogP contribution < -0.4 is 10.6 Å². The van der Waals surface area contributed by atoms with Crippen LogP contribution in [0.25, 0.3) is 0 Å². The number of rotatable bonds is 6. The summed E-state index contributed by atoms with van der Waals surface area (Å²) < 4.78 is 5.15. The second kappa shape index (κ2) is 9.70. The summed E-state index contributed by atoms with van der Waals surface area (Å²) in [6.45, 7) is 3.28. The molecule has 1 aliphatic rings. The first-order chi connectivity index (χ1) is 12.8. The van der Waals surface area contributed by atoms with E-state index in [1.54, 1.807) is 24.3 Å². The van der Waals surface area contributed by atoms with Crippen molar-refractivity contribution in [2.24, 2.45) is 0 Å². The van der Waals surface area contributed by atoms with Crippen molar-refractivity contribution in [2.75, 3.05) is 23.7 Å². The number of likely N-dealkylation sites (tertiary alicyclic amines) is 1. The molecule has 0 aliphatic carbocycles. The molecule has 8 nitrogen and oxygen atoms in total. The molecule has 1 atom stereocenters. The summed E-state index contributed by atoms with van der Waals surface area (Å²) in [5.74, 6) is -1.32. The van der Waals surface area contributed by atoms with Crippen LogP contribution in [0, 0.1) is 0 Å². The van der Waals surface area contributed by atoms with Crippen molar-refractivity contribution in [3.05, 3.63) is 24.3 Å². The molecular weight excluding hydrogens is 350 g/mol. The van der Waals surface area contributed by atoms with Crippen molar-refractivity contribution in [3.63, 3.8) is 0 Å². The normalized spacial score (nSPS) is 15.5. The molecule has 3 amide bonds. The highest BCUT2D eigenvalue weighted by molar-refractivity contribution is 5.96. The lowest BCUT2D eigenvalue weighted by Gasteiger charge is -2.20. The van der Waals surface area contributed by atoms with E-state index in [0.29, 0.717) is 24.3 Å². The van der Waals surface area contributed by atoms with Crippen LogP contribution >= 0.6 is 0 Å². The monoisotopic (exact) mass is 375 g/mol. The fraction of sp³-hybridized carbons (Fsp3) is 0.474. The number of hydrogen-bond donors (Lipinski definition) is 2. The number of carbonyl (C=O) groups excluding carboxylic acids is 4. The molecule has 1 heterocycles. The van der Waals surface area contributed by atoms with Gasteiger partial charge in [-0.05, 0) is 44.0 Å². The van der Waals surface area contributed by atoms with Gasteiger partial charge in [-0.3, -0.25) is 19.2 Å². The first-order valence-electron chi connectivity index (χ1n) is 9.01. The lowest BCUT2D eigenvalue weighted by Crippen LogP contribution is -2.38. The van der Waals surface area contributed by atoms with Gasteiger partial charge in [0.25, 0.3) is 5.91 Å². The average molecular weight is 375 g/mol. The molecule has 0 spiro atoms. The van der Waals surface area contributed by atoms with E-state index in [2.05, 4.69) is 10.6 Å². The van der Waals surface area contributed by atoms with Crippen molar-refractivity contribution in [3.8, 4) is 0 Å². The number of amides is 3. The lowest BCUT2D eigenvalue weighted by atomic mass is 10.2. The average Bonchev–Trinajstić information content (AvgIpc) is 2.80. The first kappa shape index (κ1) is 20.4. The van der Waals surface area contributed by atoms with E-state index in [9.17, 15) is 19.2 Å². The number of hydrogen-bond acceptors (Lipinski definition) is 5. The summed E-state index contributed by atoms with van der Waals surface area (Å²) >= 11 is 0. The van der Waals surface area contributed by atoms with Crippen molar-refractivity contribution in [1.29, 1.82) is 0 Å². The van der Waals surface area contributed by atoms with Crippen molar-refractivity contribution in [1.82, 2.24) is 4.90 Å². The molecule has 0 unspecified atom stereocenters. The maximum atomic E-state index is 12.2. The van der Waals surface area contributed by atoms with E-state index in [1.807, 2.05) is 0 Å². The van der Waals surface area contributed by atoms with Crippen molar-refractivity contribution >= 4 is 35.1 Å². The predicted octanol–water partition coefficient (Wildman–Crippen LogP) is 1.92. The molecule has 8 heteroatoms. The Morgan fingerprint density at radius 3 is 2.33 bits per heavy atom. The zero-order valence-corrected chi connectivity index (χ0v) is 15.6. The molecule has 0 radical (unpaired) electrons. The van der Waals surface area contributed by atoms with E-state index >= 15 is 0 Å². The van der Waals surface area contributed by atoms with Crippen LogP contribution in [-0.2, 0) is 23.9 Å². The quantitative estimate of drug-likeness (QED) is 0.739. The second-order valence-corrected chi connectivity index (χ2v) is 6.51. The summed E-state index contributed by atoms with van der Waals surface area (Å²) in [6, 6.07) is 6.57. The van der Waals surface area contributed by atoms with Gasteiger partial charge in [0, 0.05) is 31.3 Å². The topological polar surface area (TPSA) is 105 Å². The number of anilines is 2. The van der Waals surface area contributed by atoms with Gasteiger partial charge < -0.3 is 20.3 Å². The Kier molecular flexibility index (Phi) is 7.34. The minimum absolute atomic E-state index is 0.0548. The minimum atomic E-state index is -0.991. The maximum absolute atomic E-state index is 12.2. The van der Waals surface area contributed by atoms with E-state index in [-0.39, 0.29) is 18.4 Å². The maximum Gasteiger partial charge on any atom is 0.326 e. The highest BCUT2D eigenvalue weighted by atomic mass is 16.5. The smallest absolute Gasteiger partial charge is 0.326 e. The minimum Gasteiger partial charge on any atom is -0.451 e. The Morgan fingerprint density at radius 1 is 1.07 bits per heavy atom. The Hall–Kier alpha value is -2.90. The molecule has 1 saturated heterocycles. The zero-order valence-electron chi connectivity index (χ0n) is 15.6. The van der Waals surface area contributed by atoms with Gasteiger partial charge in [0.15, 0.2) is 6.10 Å². The van der Waals surface area contributed by atoms with E-state index in [4.69, 9.17) is 4.74 Å². The predicted molar refractivity (Wildman–Crippen MR) is 100.0 cm³/mol. The molecule has 1 aromatic rings. The summed E-state index contributed by atoms with van der Waals surface area (Å²) in [5.41, 5.74) is 1.13. The third-order valence-electron chi connectivity index (χ3n) is 4.14. The number of carbonyl (C=O) groups is 4. The summed E-state index contributed by atoms with van der Waals surface area (Å²) in [5, 5.41) is 5.27. The number of ether oxygens (including phenoxy) is 1. The molecule has 1 fully saturated rings. The van der Waals surface area contributed by atoms with Crippen molar-refractivity contribution in [2.45, 2.75) is 45.6 Å². The molecule has 2 N–H and O–H groups in total. The molecule has 27 heavy (non-hydrogen) atoms. The molecule has 2 rings (SSSR count). The Morgan fingerprint density at radius 2 is 1.70 bits per heavy atom. The lowest BCUT2D eigenvalue weighted by molar-refractivity contribution is -0.156. The second-order valence-electron chi connectivity index (χ2n) is 6.51. The van der Waals surface area contributed by atoms with Crippen LogP contribution in [0.15, 0.2) is 24.3 Å². The highest BCUT2D eigenvalue weighted by Gasteiger charge is 2.23. The third kappa shape index (κ3) is 6.73. The summed E-state index contributed by atoms with van der Waals surface area (Å²) in [6.07, 6.45) is 2.12. The first-order valence-corrected chi connectivity index (χ1v) is 9.01. The summed E-state index contributed by atoms with van der Waals surface area (Å²) in [4.78, 5) is 48.6. The van der Waals surface area contributed by atoms with E-state index in [0.717, 1.165) is 19.3 Å². The van der Waals surface area contributed by atoms with E-state index < -0.39 is 18.0 Å². The SMILES string of the molecule is CC(=O)Nc1ccc(NC(=O)[C@@H](C)OC(=O)CN2CCCCCC2=O)cc1. The van der Waals surface area contributed by atoms with Crippen LogP contribution in [0.3, 0.4) is 0 Å². The summed E-state index contributed by atoms with van der Waals surface area (Å²) in [7, 11) is 0. The van der Waals surface area contributed by atoms with Gasteiger partial charge in [0.05, 0.1) is 0 Å². The van der Waals surface area contributed by atoms with Gasteiger partial charge in [0.2, 0.25) is 11.8 Å². The van der Waals surface area contributed by atoms with Gasteiger partial charge in [-0.15, -0.1) is 0 Å². The molecule has 0 aromatic heterocycles. The van der Waals surface area contributed by atoms with Crippen LogP contribution in [0.2, 0.25) is 0 Å². The molecule has 146 valence electrons. The molecule has 0 bridgehead atoms. The van der Waals surface area contributed by atoms with Gasteiger partial charge in [-0.2, -0.15) is 0 Å². The third-order valence-corrected chi connectivity index (χ3v) is 4.14. The largest absolute Gasteiger partial charge is 0.451 e. The molecule has 1 aromatic carbocycles. The standard InChI is InChI=1S/C19H25N3O5/c1-13(27-18(25)12-22-11-5-3-4-6-17(22)24)19(26)21-16-9-7-15(8-10-16)20-14(2)23/h7-10,13H,3-6,11-12H2,1-2H3,(H,20,23)(H,21,26)/t13-/m1/s1. The Bertz CT molecular complexity index is 702. The molecule has 0 saturated carbocycles. The molecule has 1 aliphatic heterocycles. The number of nitrogens with zero attached hydrogens (tertiary/aromatic N) is 1. The van der Waals surface area contributed by atoms with Crippen molar-refractivity contribution < 1.29 is 23.9 Å². The number of benzene rings is 1. The zero-order chi connectivity index (χ0) is 19.8. The highest BCUT2D eigenvalue weighted by Crippen LogP contribution is 2.14. The van der Waals surface area contributed by atoms with Gasteiger partial charge in [-0.25, -0.2) is 0 Å². The fourth-order valence-corrected chi connectivity index (χ4v) is 2.73. The van der Waals surface area contributed by atoms with Crippen LogP contribution in [0.1, 0.15) is 39.5 Å². The molecular formula is C19H25N3O5. The van der Waals surface area contributed by atoms with Crippen LogP contribution in [0.5, 0.6) is 0 Å². The van der Waals surface area contributed by atoms with Crippen LogP contribution in [-0.4, -0.2) is 47.8 Å². The Labute approximate surface area is 158 Å². The van der Waals surface area contributed by atoms with Gasteiger partial charge in [0.1, 0.15) is 6.54 Å². The number of nitrogens with one attached hydrogen (secondary N) is 2. The van der Waals surface area contributed by atoms with Gasteiger partial charge >= 0.3 is 5.97 Å². The van der Waals surface area contributed by atoms with Gasteiger partial charge in [-0.1, -0.05) is 6.42 Å².